The molecule has 0 aliphatic heterocycles. The molecule has 1 unspecified atom stereocenters. The summed E-state index contributed by atoms with van der Waals surface area (Å²) in [4.78, 5) is 2.17. The van der Waals surface area contributed by atoms with E-state index >= 15 is 0 Å². The van der Waals surface area contributed by atoms with Crippen LogP contribution in [0.5, 0.6) is 5.75 Å². The molecule has 3 N–H and O–H groups in total. The number of ether oxygens (including phenoxy) is 1. The predicted octanol–water partition coefficient (Wildman–Crippen LogP) is 2.26. The van der Waals surface area contributed by atoms with Gasteiger partial charge < -0.3 is 20.7 Å². The SMILES string of the molecule is CC(CCN(C)C)Nc1snc(N)c1OC(C)C. The van der Waals surface area contributed by atoms with E-state index < -0.39 is 0 Å². The highest BCUT2D eigenvalue weighted by Crippen LogP contribution is 2.36. The van der Waals surface area contributed by atoms with Crippen molar-refractivity contribution >= 4 is 22.4 Å². The Kier molecular flexibility index (Phi) is 5.68. The minimum absolute atomic E-state index is 0.0985. The second kappa shape index (κ2) is 6.80. The number of nitrogens with two attached hydrogens (primary N) is 1. The number of aromatic nitrogens is 1. The van der Waals surface area contributed by atoms with Crippen LogP contribution in [-0.2, 0) is 0 Å². The fraction of sp³-hybridized carbons (Fsp3) is 0.750. The largest absolute Gasteiger partial charge is 0.484 e. The van der Waals surface area contributed by atoms with Crippen molar-refractivity contribution < 1.29 is 4.74 Å². The van der Waals surface area contributed by atoms with Crippen LogP contribution >= 0.6 is 11.5 Å². The Morgan fingerprint density at radius 1 is 1.39 bits per heavy atom. The van der Waals surface area contributed by atoms with E-state index in [1.54, 1.807) is 0 Å². The number of hydrogen-bond donors (Lipinski definition) is 2. The summed E-state index contributed by atoms with van der Waals surface area (Å²) in [5, 5.41) is 4.34. The van der Waals surface area contributed by atoms with E-state index in [4.69, 9.17) is 10.5 Å². The van der Waals surface area contributed by atoms with E-state index in [9.17, 15) is 0 Å². The maximum absolute atomic E-state index is 5.81. The predicted molar refractivity (Wildman–Crippen MR) is 78.5 cm³/mol. The Balaban J connectivity index is 2.60. The third-order valence-corrected chi connectivity index (χ3v) is 3.19. The second-order valence-corrected chi connectivity index (χ2v) is 5.80. The lowest BCUT2D eigenvalue weighted by atomic mass is 10.2. The number of nitrogen functional groups attached to an aromatic ring is 1. The van der Waals surface area contributed by atoms with Crippen LogP contribution in [0.1, 0.15) is 27.2 Å². The Hall–Kier alpha value is -1.01. The lowest BCUT2D eigenvalue weighted by Gasteiger charge is -2.18. The molecule has 104 valence electrons. The molecule has 1 aromatic rings. The highest BCUT2D eigenvalue weighted by molar-refractivity contribution is 7.11. The molecule has 6 heteroatoms. The molecule has 0 aromatic carbocycles. The molecule has 0 radical (unpaired) electrons. The number of hydrogen-bond acceptors (Lipinski definition) is 6. The molecular weight excluding hydrogens is 248 g/mol. The second-order valence-electron chi connectivity index (χ2n) is 5.03. The first kappa shape index (κ1) is 15.0. The Morgan fingerprint density at radius 2 is 2.06 bits per heavy atom. The molecule has 0 saturated heterocycles. The van der Waals surface area contributed by atoms with Crippen molar-refractivity contribution in [1.29, 1.82) is 0 Å². The summed E-state index contributed by atoms with van der Waals surface area (Å²) in [6, 6.07) is 0.363. The quantitative estimate of drug-likeness (QED) is 0.797. The van der Waals surface area contributed by atoms with E-state index in [0.717, 1.165) is 18.0 Å². The molecule has 0 bridgehead atoms. The van der Waals surface area contributed by atoms with Gasteiger partial charge in [-0.2, -0.15) is 4.37 Å². The topological polar surface area (TPSA) is 63.4 Å². The van der Waals surface area contributed by atoms with Gasteiger partial charge in [-0.05, 0) is 59.4 Å². The maximum Gasteiger partial charge on any atom is 0.197 e. The molecule has 0 aliphatic carbocycles. The van der Waals surface area contributed by atoms with Gasteiger partial charge in [0.25, 0.3) is 0 Å². The van der Waals surface area contributed by atoms with Crippen LogP contribution in [0.25, 0.3) is 0 Å². The lowest BCUT2D eigenvalue weighted by Crippen LogP contribution is -2.23. The van der Waals surface area contributed by atoms with Gasteiger partial charge in [0.15, 0.2) is 16.6 Å². The highest BCUT2D eigenvalue weighted by Gasteiger charge is 2.16. The lowest BCUT2D eigenvalue weighted by molar-refractivity contribution is 0.245. The van der Waals surface area contributed by atoms with E-state index in [1.165, 1.54) is 11.5 Å². The van der Waals surface area contributed by atoms with Gasteiger partial charge >= 0.3 is 0 Å². The molecule has 5 nitrogen and oxygen atoms in total. The van der Waals surface area contributed by atoms with E-state index in [0.29, 0.717) is 17.6 Å². The smallest absolute Gasteiger partial charge is 0.197 e. The van der Waals surface area contributed by atoms with Crippen molar-refractivity contribution in [2.24, 2.45) is 0 Å². The molecule has 0 aliphatic rings. The summed E-state index contributed by atoms with van der Waals surface area (Å²) in [5.74, 6) is 1.16. The molecule has 0 fully saturated rings. The maximum atomic E-state index is 5.81. The van der Waals surface area contributed by atoms with E-state index in [-0.39, 0.29) is 6.10 Å². The number of nitrogens with zero attached hydrogens (tertiary/aromatic N) is 2. The fourth-order valence-electron chi connectivity index (χ4n) is 1.48. The van der Waals surface area contributed by atoms with E-state index in [1.807, 2.05) is 13.8 Å². The summed E-state index contributed by atoms with van der Waals surface area (Å²) in [6.45, 7) is 7.16. The molecule has 1 heterocycles. The van der Waals surface area contributed by atoms with Crippen molar-refractivity contribution in [3.05, 3.63) is 0 Å². The van der Waals surface area contributed by atoms with Crippen LogP contribution in [0.2, 0.25) is 0 Å². The summed E-state index contributed by atoms with van der Waals surface area (Å²) in [7, 11) is 4.15. The Labute approximate surface area is 113 Å². The van der Waals surface area contributed by atoms with Gasteiger partial charge in [0.2, 0.25) is 0 Å². The van der Waals surface area contributed by atoms with Crippen molar-refractivity contribution in [2.75, 3.05) is 31.7 Å². The van der Waals surface area contributed by atoms with Crippen LogP contribution in [0.15, 0.2) is 0 Å². The van der Waals surface area contributed by atoms with Gasteiger partial charge in [-0.25, -0.2) is 0 Å². The van der Waals surface area contributed by atoms with E-state index in [2.05, 4.69) is 35.6 Å². The molecular formula is C12H24N4OS. The first-order valence-electron chi connectivity index (χ1n) is 6.23. The Bertz CT molecular complexity index is 365. The fourth-order valence-corrected chi connectivity index (χ4v) is 2.25. The molecule has 0 amide bonds. The zero-order valence-corrected chi connectivity index (χ0v) is 12.7. The van der Waals surface area contributed by atoms with Crippen LogP contribution in [0, 0.1) is 0 Å². The van der Waals surface area contributed by atoms with Gasteiger partial charge in [0.1, 0.15) is 0 Å². The summed E-state index contributed by atoms with van der Waals surface area (Å²) < 4.78 is 9.83. The van der Waals surface area contributed by atoms with Gasteiger partial charge in [-0.3, -0.25) is 0 Å². The van der Waals surface area contributed by atoms with Crippen LogP contribution in [0.3, 0.4) is 0 Å². The normalized spacial score (nSPS) is 13.1. The number of anilines is 2. The summed E-state index contributed by atoms with van der Waals surface area (Å²) >= 11 is 1.36. The van der Waals surface area contributed by atoms with Crippen LogP contribution in [0.4, 0.5) is 10.8 Å². The third kappa shape index (κ3) is 4.70. The molecule has 0 saturated carbocycles. The standard InChI is InChI=1S/C12H24N4OS/c1-8(2)17-10-11(13)15-18-12(10)14-9(3)6-7-16(4)5/h8-9,14H,6-7H2,1-5H3,(H2,13,15). The minimum atomic E-state index is 0.0985. The third-order valence-electron chi connectivity index (χ3n) is 2.41. The highest BCUT2D eigenvalue weighted by atomic mass is 32.1. The Morgan fingerprint density at radius 3 is 2.61 bits per heavy atom. The average molecular weight is 272 g/mol. The van der Waals surface area contributed by atoms with Crippen molar-refractivity contribution in [2.45, 2.75) is 39.3 Å². The van der Waals surface area contributed by atoms with Crippen LogP contribution in [-0.4, -0.2) is 42.1 Å². The molecule has 1 atom stereocenters. The van der Waals surface area contributed by atoms with Crippen molar-refractivity contribution in [3.63, 3.8) is 0 Å². The van der Waals surface area contributed by atoms with Crippen molar-refractivity contribution in [1.82, 2.24) is 9.27 Å². The molecule has 1 rings (SSSR count). The average Bonchev–Trinajstić information content (AvgIpc) is 2.58. The van der Waals surface area contributed by atoms with Gasteiger partial charge in [-0.1, -0.05) is 0 Å². The molecule has 1 aromatic heterocycles. The van der Waals surface area contributed by atoms with Gasteiger partial charge in [0.05, 0.1) is 6.10 Å². The summed E-state index contributed by atoms with van der Waals surface area (Å²) in [6.07, 6.45) is 1.16. The first-order valence-corrected chi connectivity index (χ1v) is 7.00. The first-order chi connectivity index (χ1) is 8.40. The molecule has 0 spiro atoms. The number of rotatable bonds is 7. The van der Waals surface area contributed by atoms with Gasteiger partial charge in [-0.15, -0.1) is 0 Å². The van der Waals surface area contributed by atoms with Crippen molar-refractivity contribution in [3.8, 4) is 5.75 Å². The minimum Gasteiger partial charge on any atom is -0.484 e. The van der Waals surface area contributed by atoms with Gasteiger partial charge in [0, 0.05) is 6.04 Å². The zero-order chi connectivity index (χ0) is 13.7. The molecule has 18 heavy (non-hydrogen) atoms. The van der Waals surface area contributed by atoms with Crippen LogP contribution < -0.4 is 15.8 Å². The monoisotopic (exact) mass is 272 g/mol. The summed E-state index contributed by atoms with van der Waals surface area (Å²) in [5.41, 5.74) is 5.81. The number of nitrogens with one attached hydrogen (secondary N) is 1. The zero-order valence-electron chi connectivity index (χ0n) is 11.9.